The van der Waals surface area contributed by atoms with Gasteiger partial charge in [-0.1, -0.05) is 30.3 Å². The van der Waals surface area contributed by atoms with Crippen molar-refractivity contribution < 1.29 is 9.90 Å². The molecule has 0 saturated carbocycles. The minimum Gasteiger partial charge on any atom is -0.506 e. The SMILES string of the molecule is NCCNc1nc(Nc2ccc(NC(=O)c3ccc4ccccc4c3O)cc2)nc(N2CCCCC2)n1. The Morgan fingerprint density at radius 1 is 0.892 bits per heavy atom. The highest BCUT2D eigenvalue weighted by atomic mass is 16.3. The van der Waals surface area contributed by atoms with Crippen LogP contribution in [0.15, 0.2) is 60.7 Å². The zero-order valence-corrected chi connectivity index (χ0v) is 20.4. The lowest BCUT2D eigenvalue weighted by molar-refractivity contribution is 0.102. The van der Waals surface area contributed by atoms with Crippen molar-refractivity contribution >= 4 is 45.9 Å². The highest BCUT2D eigenvalue weighted by Crippen LogP contribution is 2.29. The van der Waals surface area contributed by atoms with E-state index < -0.39 is 0 Å². The van der Waals surface area contributed by atoms with Crippen LogP contribution in [0.1, 0.15) is 29.6 Å². The van der Waals surface area contributed by atoms with Crippen LogP contribution >= 0.6 is 0 Å². The molecule has 3 aromatic carbocycles. The largest absolute Gasteiger partial charge is 0.506 e. The van der Waals surface area contributed by atoms with Gasteiger partial charge in [-0.05, 0) is 55.0 Å². The van der Waals surface area contributed by atoms with Crippen LogP contribution in [0.25, 0.3) is 10.8 Å². The number of phenolic OH excluding ortho intramolecular Hbond substituents is 1. The Morgan fingerprint density at radius 2 is 1.62 bits per heavy atom. The third-order valence-corrected chi connectivity index (χ3v) is 6.23. The molecule has 0 spiro atoms. The molecule has 0 unspecified atom stereocenters. The summed E-state index contributed by atoms with van der Waals surface area (Å²) in [5, 5.41) is 21.3. The fourth-order valence-corrected chi connectivity index (χ4v) is 4.32. The van der Waals surface area contributed by atoms with Crippen LogP contribution in [0, 0.1) is 0 Å². The number of aromatic hydroxyl groups is 1. The number of nitrogens with one attached hydrogen (secondary N) is 3. The number of fused-ring (bicyclic) bond motifs is 1. The maximum Gasteiger partial charge on any atom is 0.259 e. The number of anilines is 5. The van der Waals surface area contributed by atoms with Gasteiger partial charge >= 0.3 is 0 Å². The molecule has 4 aromatic rings. The molecule has 2 heterocycles. The van der Waals surface area contributed by atoms with Crippen molar-refractivity contribution in [3.05, 3.63) is 66.2 Å². The lowest BCUT2D eigenvalue weighted by Crippen LogP contribution is -2.31. The van der Waals surface area contributed by atoms with Crippen molar-refractivity contribution in [3.8, 4) is 5.75 Å². The molecule has 0 radical (unpaired) electrons. The van der Waals surface area contributed by atoms with Crippen LogP contribution in [-0.4, -0.2) is 52.1 Å². The molecule has 1 aliphatic heterocycles. The molecule has 37 heavy (non-hydrogen) atoms. The Morgan fingerprint density at radius 3 is 2.41 bits per heavy atom. The second-order valence-corrected chi connectivity index (χ2v) is 8.89. The number of carbonyl (C=O) groups excluding carboxylic acids is 1. The molecular formula is C27H30N8O2. The van der Waals surface area contributed by atoms with E-state index in [0.717, 1.165) is 37.0 Å². The van der Waals surface area contributed by atoms with Gasteiger partial charge in [0.05, 0.1) is 5.56 Å². The first-order chi connectivity index (χ1) is 18.1. The number of hydrogen-bond donors (Lipinski definition) is 5. The second-order valence-electron chi connectivity index (χ2n) is 8.89. The molecule has 10 nitrogen and oxygen atoms in total. The van der Waals surface area contributed by atoms with Gasteiger partial charge in [0, 0.05) is 42.9 Å². The Kier molecular flexibility index (Phi) is 7.27. The number of hydrogen-bond acceptors (Lipinski definition) is 9. The molecule has 1 aromatic heterocycles. The van der Waals surface area contributed by atoms with Crippen molar-refractivity contribution in [1.29, 1.82) is 0 Å². The summed E-state index contributed by atoms with van der Waals surface area (Å²) in [7, 11) is 0. The molecule has 1 amide bonds. The predicted octanol–water partition coefficient (Wildman–Crippen LogP) is 4.09. The van der Waals surface area contributed by atoms with Crippen molar-refractivity contribution in [2.75, 3.05) is 47.0 Å². The minimum atomic E-state index is -0.386. The van der Waals surface area contributed by atoms with E-state index in [0.29, 0.717) is 42.0 Å². The first-order valence-electron chi connectivity index (χ1n) is 12.4. The van der Waals surface area contributed by atoms with E-state index in [2.05, 4.69) is 35.8 Å². The predicted molar refractivity (Wildman–Crippen MR) is 147 cm³/mol. The van der Waals surface area contributed by atoms with Crippen LogP contribution in [0.5, 0.6) is 5.75 Å². The van der Waals surface area contributed by atoms with E-state index in [9.17, 15) is 9.90 Å². The second kappa shape index (κ2) is 11.1. The van der Waals surface area contributed by atoms with E-state index in [1.165, 1.54) is 6.42 Å². The monoisotopic (exact) mass is 498 g/mol. The molecule has 1 saturated heterocycles. The summed E-state index contributed by atoms with van der Waals surface area (Å²) in [6.45, 7) is 2.86. The van der Waals surface area contributed by atoms with Crippen LogP contribution in [0.4, 0.5) is 29.2 Å². The number of piperidine rings is 1. The van der Waals surface area contributed by atoms with Crippen LogP contribution in [0.3, 0.4) is 0 Å². The van der Waals surface area contributed by atoms with Crippen LogP contribution in [-0.2, 0) is 0 Å². The van der Waals surface area contributed by atoms with Gasteiger partial charge < -0.3 is 31.7 Å². The van der Waals surface area contributed by atoms with Gasteiger partial charge in [0.1, 0.15) is 5.75 Å². The quantitative estimate of drug-likeness (QED) is 0.243. The summed E-state index contributed by atoms with van der Waals surface area (Å²) in [5.41, 5.74) is 7.20. The van der Waals surface area contributed by atoms with Gasteiger partial charge in [0.25, 0.3) is 5.91 Å². The fraction of sp³-hybridized carbons (Fsp3) is 0.259. The number of nitrogens with two attached hydrogens (primary N) is 1. The van der Waals surface area contributed by atoms with E-state index in [-0.39, 0.29) is 17.2 Å². The summed E-state index contributed by atoms with van der Waals surface area (Å²) in [6, 6.07) is 18.0. The average Bonchev–Trinajstić information content (AvgIpc) is 2.93. The smallest absolute Gasteiger partial charge is 0.259 e. The Hall–Kier alpha value is -4.44. The number of phenols is 1. The van der Waals surface area contributed by atoms with Gasteiger partial charge in [-0.3, -0.25) is 4.79 Å². The summed E-state index contributed by atoms with van der Waals surface area (Å²) in [6.07, 6.45) is 3.45. The molecule has 1 fully saturated rings. The first kappa shape index (κ1) is 24.3. The van der Waals surface area contributed by atoms with E-state index in [4.69, 9.17) is 5.73 Å². The molecular weight excluding hydrogens is 468 g/mol. The van der Waals surface area contributed by atoms with Crippen LogP contribution < -0.4 is 26.6 Å². The van der Waals surface area contributed by atoms with E-state index >= 15 is 0 Å². The fourth-order valence-electron chi connectivity index (χ4n) is 4.32. The Labute approximate surface area is 215 Å². The standard InChI is InChI=1S/C27H30N8O2/c28-14-15-29-25-32-26(34-27(33-25)35-16-4-1-5-17-35)31-20-11-9-19(10-12-20)30-24(37)22-13-8-18-6-2-3-7-21(18)23(22)36/h2-3,6-13,36H,1,4-5,14-17,28H2,(H,30,37)(H2,29,31,32,33,34). The highest BCUT2D eigenvalue weighted by Gasteiger charge is 2.17. The zero-order valence-electron chi connectivity index (χ0n) is 20.4. The lowest BCUT2D eigenvalue weighted by Gasteiger charge is -2.27. The molecule has 0 aliphatic carbocycles. The molecule has 5 rings (SSSR count). The first-order valence-corrected chi connectivity index (χ1v) is 12.4. The van der Waals surface area contributed by atoms with Gasteiger partial charge in [-0.15, -0.1) is 0 Å². The molecule has 0 atom stereocenters. The van der Waals surface area contributed by atoms with Gasteiger partial charge in [-0.25, -0.2) is 0 Å². The highest BCUT2D eigenvalue weighted by molar-refractivity contribution is 6.09. The number of benzene rings is 3. The molecule has 190 valence electrons. The van der Waals surface area contributed by atoms with Crippen LogP contribution in [0.2, 0.25) is 0 Å². The number of rotatable bonds is 8. The molecule has 10 heteroatoms. The third-order valence-electron chi connectivity index (χ3n) is 6.23. The van der Waals surface area contributed by atoms with Gasteiger partial charge in [-0.2, -0.15) is 15.0 Å². The number of carbonyl (C=O) groups is 1. The van der Waals surface area contributed by atoms with E-state index in [1.54, 1.807) is 24.3 Å². The topological polar surface area (TPSA) is 141 Å². The molecule has 0 bridgehead atoms. The van der Waals surface area contributed by atoms with Gasteiger partial charge in [0.15, 0.2) is 0 Å². The number of nitrogens with zero attached hydrogens (tertiary/aromatic N) is 4. The van der Waals surface area contributed by atoms with Gasteiger partial charge in [0.2, 0.25) is 17.8 Å². The zero-order chi connectivity index (χ0) is 25.6. The normalized spacial score (nSPS) is 13.4. The maximum atomic E-state index is 12.8. The Balaban J connectivity index is 1.30. The third kappa shape index (κ3) is 5.70. The van der Waals surface area contributed by atoms with Crippen molar-refractivity contribution in [2.24, 2.45) is 5.73 Å². The summed E-state index contributed by atoms with van der Waals surface area (Å²) >= 11 is 0. The minimum absolute atomic E-state index is 0.0349. The molecule has 1 aliphatic rings. The Bertz CT molecular complexity index is 1390. The summed E-state index contributed by atoms with van der Waals surface area (Å²) in [5.74, 6) is 1.11. The average molecular weight is 499 g/mol. The maximum absolute atomic E-state index is 12.8. The molecule has 6 N–H and O–H groups in total. The number of aromatic nitrogens is 3. The van der Waals surface area contributed by atoms with Crippen molar-refractivity contribution in [2.45, 2.75) is 19.3 Å². The van der Waals surface area contributed by atoms with E-state index in [1.807, 2.05) is 36.4 Å². The van der Waals surface area contributed by atoms with Crippen molar-refractivity contribution in [3.63, 3.8) is 0 Å². The summed E-state index contributed by atoms with van der Waals surface area (Å²) in [4.78, 5) is 28.7. The summed E-state index contributed by atoms with van der Waals surface area (Å²) < 4.78 is 0. The van der Waals surface area contributed by atoms with Crippen molar-refractivity contribution in [1.82, 2.24) is 15.0 Å². The lowest BCUT2D eigenvalue weighted by atomic mass is 10.0. The number of amides is 1.